The van der Waals surface area contributed by atoms with E-state index in [4.69, 9.17) is 0 Å². The molecule has 0 radical (unpaired) electrons. The van der Waals surface area contributed by atoms with Gasteiger partial charge in [0.1, 0.15) is 0 Å². The van der Waals surface area contributed by atoms with Crippen LogP contribution in [0.15, 0.2) is 200 Å². The first-order chi connectivity index (χ1) is 28.2. The van der Waals surface area contributed by atoms with Gasteiger partial charge in [0.15, 0.2) is 0 Å². The van der Waals surface area contributed by atoms with Crippen LogP contribution in [-0.2, 0) is 11.8 Å². The van der Waals surface area contributed by atoms with Crippen LogP contribution in [-0.4, -0.2) is 0 Å². The topological polar surface area (TPSA) is 3.24 Å². The monoisotopic (exact) mass is 753 g/mol. The molecule has 0 heterocycles. The molecule has 2 unspecified atom stereocenters. The van der Waals surface area contributed by atoms with Crippen LogP contribution in [0.3, 0.4) is 0 Å². The Kier molecular flexibility index (Phi) is 11.2. The molecule has 3 aliphatic rings. The molecule has 8 rings (SSSR count). The summed E-state index contributed by atoms with van der Waals surface area (Å²) in [6.45, 7) is 16.1. The van der Waals surface area contributed by atoms with Gasteiger partial charge in [0.2, 0.25) is 0 Å². The summed E-state index contributed by atoms with van der Waals surface area (Å²) in [7, 11) is 0. The lowest BCUT2D eigenvalue weighted by Gasteiger charge is -2.31. The zero-order valence-electron chi connectivity index (χ0n) is 34.8. The molecule has 1 heteroatoms. The van der Waals surface area contributed by atoms with Crippen LogP contribution < -0.4 is 4.90 Å². The van der Waals surface area contributed by atoms with E-state index in [1.165, 1.54) is 72.6 Å². The third-order valence-corrected chi connectivity index (χ3v) is 12.5. The summed E-state index contributed by atoms with van der Waals surface area (Å²) in [6.07, 6.45) is 25.9. The molecule has 5 aromatic rings. The minimum absolute atomic E-state index is 0.0296. The zero-order chi connectivity index (χ0) is 40.2. The van der Waals surface area contributed by atoms with Gasteiger partial charge in [-0.1, -0.05) is 179 Å². The van der Waals surface area contributed by atoms with Crippen molar-refractivity contribution in [3.05, 3.63) is 244 Å². The van der Waals surface area contributed by atoms with Crippen LogP contribution in [0.2, 0.25) is 0 Å². The number of fused-ring (bicyclic) bond motifs is 3. The predicted molar refractivity (Wildman–Crippen MR) is 250 cm³/mol. The van der Waals surface area contributed by atoms with Gasteiger partial charge in [-0.3, -0.25) is 0 Å². The van der Waals surface area contributed by atoms with Gasteiger partial charge in [-0.25, -0.2) is 0 Å². The van der Waals surface area contributed by atoms with Crippen molar-refractivity contribution < 1.29 is 0 Å². The fraction of sp³-hybridized carbons (Fsp3) is 0.193. The summed E-state index contributed by atoms with van der Waals surface area (Å²) >= 11 is 0. The van der Waals surface area contributed by atoms with Crippen molar-refractivity contribution in [2.75, 3.05) is 4.90 Å². The van der Waals surface area contributed by atoms with Gasteiger partial charge in [-0.2, -0.15) is 0 Å². The zero-order valence-corrected chi connectivity index (χ0v) is 34.8. The van der Waals surface area contributed by atoms with E-state index in [1.807, 2.05) is 0 Å². The second-order valence-corrected chi connectivity index (χ2v) is 16.5. The van der Waals surface area contributed by atoms with E-state index in [0.717, 1.165) is 30.5 Å². The van der Waals surface area contributed by atoms with Gasteiger partial charge in [-0.15, -0.1) is 0 Å². The maximum absolute atomic E-state index is 4.61. The van der Waals surface area contributed by atoms with Gasteiger partial charge in [-0.05, 0) is 142 Å². The summed E-state index contributed by atoms with van der Waals surface area (Å²) < 4.78 is 0. The normalized spacial score (nSPS) is 18.2. The van der Waals surface area contributed by atoms with Crippen molar-refractivity contribution >= 4 is 28.1 Å². The van der Waals surface area contributed by atoms with Gasteiger partial charge in [0.25, 0.3) is 0 Å². The summed E-state index contributed by atoms with van der Waals surface area (Å²) in [5, 5.41) is 0. The lowest BCUT2D eigenvalue weighted by molar-refractivity contribution is 0.394. The molecule has 0 aliphatic heterocycles. The molecule has 3 aliphatic carbocycles. The van der Waals surface area contributed by atoms with Crippen molar-refractivity contribution in [2.45, 2.75) is 65.2 Å². The largest absolute Gasteiger partial charge is 0.311 e. The summed E-state index contributed by atoms with van der Waals surface area (Å²) in [5.41, 5.74) is 18.7. The Morgan fingerprint density at radius 2 is 1.43 bits per heavy atom. The summed E-state index contributed by atoms with van der Waals surface area (Å²) in [4.78, 5) is 2.45. The number of hydrogen-bond donors (Lipinski definition) is 0. The van der Waals surface area contributed by atoms with Crippen LogP contribution >= 0.6 is 0 Å². The third-order valence-electron chi connectivity index (χ3n) is 12.5. The molecule has 2 atom stereocenters. The van der Waals surface area contributed by atoms with E-state index in [1.54, 1.807) is 0 Å². The van der Waals surface area contributed by atoms with E-state index in [-0.39, 0.29) is 5.41 Å². The number of benzene rings is 5. The molecule has 0 saturated carbocycles. The first-order valence-electron chi connectivity index (χ1n) is 21.0. The lowest BCUT2D eigenvalue weighted by atomic mass is 9.74. The van der Waals surface area contributed by atoms with Crippen LogP contribution in [0.4, 0.5) is 11.4 Å². The van der Waals surface area contributed by atoms with E-state index < -0.39 is 0 Å². The highest BCUT2D eigenvalue weighted by Gasteiger charge is 2.44. The predicted octanol–water partition coefficient (Wildman–Crippen LogP) is 15.2. The molecule has 5 aromatic carbocycles. The standard InChI is InChI=1S/C57H55N/c1-7-18-40(2)50(52-26-14-13-25-51(52)42(4)49-24-12-11-19-41(49)3)37-31-43-29-33-47(34-30-43)58(46-23-17-22-45(32-35-46)44-20-9-8-10-21-44)48-36-38-54-53-27-15-16-28-55(53)57(5,6)56(54)39-48/h8-16,18-30,32-39,53,55H,4,7,17,31H2,1-3,5-6H3/b40-18-,50-37+. The molecule has 0 N–H and O–H groups in total. The first-order valence-corrected chi connectivity index (χ1v) is 21.0. The Morgan fingerprint density at radius 1 is 0.741 bits per heavy atom. The molecule has 0 saturated heterocycles. The number of aryl methyl sites for hydroxylation is 1. The Labute approximate surface area is 347 Å². The number of allylic oxidation sites excluding steroid dienone is 13. The van der Waals surface area contributed by atoms with Crippen LogP contribution in [0.5, 0.6) is 0 Å². The molecule has 0 fully saturated rings. The number of nitrogens with zero attached hydrogens (tertiary/aromatic N) is 1. The highest BCUT2D eigenvalue weighted by atomic mass is 15.1. The maximum atomic E-state index is 4.61. The van der Waals surface area contributed by atoms with Gasteiger partial charge < -0.3 is 4.90 Å². The minimum Gasteiger partial charge on any atom is -0.311 e. The van der Waals surface area contributed by atoms with Gasteiger partial charge in [0, 0.05) is 23.0 Å². The van der Waals surface area contributed by atoms with Crippen molar-refractivity contribution in [1.29, 1.82) is 0 Å². The second kappa shape index (κ2) is 16.7. The van der Waals surface area contributed by atoms with Crippen LogP contribution in [0, 0.1) is 12.8 Å². The van der Waals surface area contributed by atoms with E-state index in [0.29, 0.717) is 11.8 Å². The molecule has 0 amide bonds. The van der Waals surface area contributed by atoms with Crippen molar-refractivity contribution in [3.8, 4) is 0 Å². The highest BCUT2D eigenvalue weighted by Crippen LogP contribution is 2.54. The van der Waals surface area contributed by atoms with Crippen LogP contribution in [0.1, 0.15) is 91.0 Å². The fourth-order valence-corrected chi connectivity index (χ4v) is 9.32. The number of rotatable bonds is 11. The second-order valence-electron chi connectivity index (χ2n) is 16.5. The smallest absolute Gasteiger partial charge is 0.0464 e. The SMILES string of the molecule is C=C(c1ccccc1C)c1ccccc1C(=C/Cc1ccc(N(C2=CCC=C(c3ccccc3)C=C2)c2ccc3c(c2)C(C)(C)C2C=CC=CC32)cc1)/C(C)=C\CC. The van der Waals surface area contributed by atoms with Crippen LogP contribution in [0.25, 0.3) is 16.7 Å². The fourth-order valence-electron chi connectivity index (χ4n) is 9.32. The average Bonchev–Trinajstić information content (AvgIpc) is 3.36. The Bertz CT molecular complexity index is 2540. The van der Waals surface area contributed by atoms with Gasteiger partial charge in [0.05, 0.1) is 0 Å². The van der Waals surface area contributed by atoms with Gasteiger partial charge >= 0.3 is 0 Å². The molecule has 58 heavy (non-hydrogen) atoms. The highest BCUT2D eigenvalue weighted by molar-refractivity contribution is 5.91. The third kappa shape index (κ3) is 7.62. The Balaban J connectivity index is 1.15. The van der Waals surface area contributed by atoms with E-state index in [2.05, 4.69) is 228 Å². The Hall–Kier alpha value is -6.18. The number of anilines is 2. The lowest BCUT2D eigenvalue weighted by Crippen LogP contribution is -2.25. The summed E-state index contributed by atoms with van der Waals surface area (Å²) in [5.74, 6) is 0.888. The van der Waals surface area contributed by atoms with E-state index in [9.17, 15) is 0 Å². The molecule has 0 spiro atoms. The minimum atomic E-state index is 0.0296. The average molecular weight is 754 g/mol. The number of hydrogen-bond acceptors (Lipinski definition) is 1. The molecule has 0 bridgehead atoms. The maximum Gasteiger partial charge on any atom is 0.0464 e. The first kappa shape index (κ1) is 38.7. The molecule has 1 nitrogen and oxygen atoms in total. The molecular formula is C57H55N. The van der Waals surface area contributed by atoms with Crippen molar-refractivity contribution in [1.82, 2.24) is 0 Å². The Morgan fingerprint density at radius 3 is 2.19 bits per heavy atom. The molecule has 0 aromatic heterocycles. The summed E-state index contributed by atoms with van der Waals surface area (Å²) in [6, 6.07) is 44.4. The quantitative estimate of drug-likeness (QED) is 0.121. The molecular weight excluding hydrogens is 699 g/mol. The molecule has 288 valence electrons. The van der Waals surface area contributed by atoms with Crippen molar-refractivity contribution in [3.63, 3.8) is 0 Å². The van der Waals surface area contributed by atoms with E-state index >= 15 is 0 Å². The van der Waals surface area contributed by atoms with Crippen molar-refractivity contribution in [2.24, 2.45) is 5.92 Å².